The number of fused-ring (bicyclic) bond motifs is 1. The first-order valence-corrected chi connectivity index (χ1v) is 14.9. The first kappa shape index (κ1) is 33.6. The molecule has 246 valence electrons. The molecule has 0 radical (unpaired) electrons. The largest absolute Gasteiger partial charge is 0.416 e. The topological polar surface area (TPSA) is 137 Å². The van der Waals surface area contributed by atoms with E-state index in [-0.39, 0.29) is 34.5 Å². The van der Waals surface area contributed by atoms with Gasteiger partial charge in [-0.3, -0.25) is 19.1 Å². The molecule has 0 saturated carbocycles. The highest BCUT2D eigenvalue weighted by Gasteiger charge is 2.31. The summed E-state index contributed by atoms with van der Waals surface area (Å²) >= 11 is 0. The maximum Gasteiger partial charge on any atom is 0.416 e. The molecule has 0 spiro atoms. The van der Waals surface area contributed by atoms with Crippen LogP contribution in [0.2, 0.25) is 0 Å². The van der Waals surface area contributed by atoms with E-state index < -0.39 is 29.2 Å². The molecule has 3 heterocycles. The van der Waals surface area contributed by atoms with Gasteiger partial charge < -0.3 is 16.0 Å². The highest BCUT2D eigenvalue weighted by molar-refractivity contribution is 6.06. The van der Waals surface area contributed by atoms with Crippen molar-refractivity contribution in [2.24, 2.45) is 10.9 Å². The number of anilines is 2. The fourth-order valence-electron chi connectivity index (χ4n) is 4.98. The smallest absolute Gasteiger partial charge is 0.315 e. The molecule has 5 rings (SSSR count). The van der Waals surface area contributed by atoms with Gasteiger partial charge in [-0.15, -0.1) is 0 Å². The number of carbonyl (C=O) groups is 2. The predicted molar refractivity (Wildman–Crippen MR) is 177 cm³/mol. The summed E-state index contributed by atoms with van der Waals surface area (Å²) < 4.78 is 42.0. The van der Waals surface area contributed by atoms with E-state index in [1.807, 2.05) is 25.9 Å². The average Bonchev–Trinajstić information content (AvgIpc) is 3.24. The van der Waals surface area contributed by atoms with Crippen molar-refractivity contribution in [3.05, 3.63) is 94.2 Å². The van der Waals surface area contributed by atoms with Gasteiger partial charge in [0.2, 0.25) is 0 Å². The lowest BCUT2D eigenvalue weighted by molar-refractivity contribution is -0.137. The molecule has 2 aromatic carbocycles. The maximum absolute atomic E-state index is 14.1. The van der Waals surface area contributed by atoms with Gasteiger partial charge in [-0.25, -0.2) is 19.3 Å². The first-order chi connectivity index (χ1) is 22.8. The first-order valence-electron chi connectivity index (χ1n) is 14.9. The highest BCUT2D eigenvalue weighted by atomic mass is 19.4. The van der Waals surface area contributed by atoms with Gasteiger partial charge in [-0.1, -0.05) is 18.9 Å². The Bertz CT molecular complexity index is 2030. The van der Waals surface area contributed by atoms with Crippen molar-refractivity contribution in [3.8, 4) is 23.2 Å². The summed E-state index contributed by atoms with van der Waals surface area (Å²) in [5.41, 5.74) is 0.173. The molecule has 3 N–H and O–H groups in total. The van der Waals surface area contributed by atoms with Gasteiger partial charge in [0.1, 0.15) is 11.5 Å². The quantitative estimate of drug-likeness (QED) is 0.232. The summed E-state index contributed by atoms with van der Waals surface area (Å²) in [6.07, 6.45) is -0.864. The Labute approximate surface area is 273 Å². The molecule has 4 aromatic rings. The molecule has 0 saturated heterocycles. The van der Waals surface area contributed by atoms with E-state index in [1.54, 1.807) is 30.5 Å². The Hall–Kier alpha value is -5.81. The van der Waals surface area contributed by atoms with Crippen molar-refractivity contribution >= 4 is 41.1 Å². The number of hydrogen-bond donors (Lipinski definition) is 3. The molecule has 0 aliphatic carbocycles. The molecule has 0 bridgehead atoms. The molecular formula is C34H31F3N8O3. The molecule has 1 unspecified atom stereocenters. The van der Waals surface area contributed by atoms with Crippen LogP contribution in [0.3, 0.4) is 0 Å². The molecule has 2 aromatic heterocycles. The van der Waals surface area contributed by atoms with E-state index in [4.69, 9.17) is 5.41 Å². The number of hydrogen-bond acceptors (Lipinski definition) is 7. The Morgan fingerprint density at radius 2 is 1.79 bits per heavy atom. The molecule has 1 aliphatic heterocycles. The van der Waals surface area contributed by atoms with Crippen LogP contribution in [-0.4, -0.2) is 63.4 Å². The number of benzene rings is 2. The lowest BCUT2D eigenvalue weighted by Crippen LogP contribution is -2.25. The van der Waals surface area contributed by atoms with Crippen molar-refractivity contribution in [3.63, 3.8) is 0 Å². The molecule has 1 aliphatic rings. The van der Waals surface area contributed by atoms with E-state index in [9.17, 15) is 27.6 Å². The van der Waals surface area contributed by atoms with Crippen LogP contribution >= 0.6 is 0 Å². The summed E-state index contributed by atoms with van der Waals surface area (Å²) in [5.74, 6) is 3.99. The van der Waals surface area contributed by atoms with E-state index >= 15 is 0 Å². The standard InChI is InChI=1S/C34H31F3N8O3/c1-4-21-17-27(38)30-31(40-20-21)45(26-8-5-7-24(19-26)41-29(46)9-6-16-43(2)3)33(48)44(30)25-12-10-22(11-13-25)32(47)42-28-18-23(14-15-39-28)34(35,36)37/h5,7-8,10-15,18-21,38H,4,16-17H2,1-3H3,(H,41,46)(H,39,42,47). The third-order valence-corrected chi connectivity index (χ3v) is 7.39. The number of aliphatic imine (C=N–C) groups is 1. The summed E-state index contributed by atoms with van der Waals surface area (Å²) in [4.78, 5) is 49.7. The molecule has 0 fully saturated rings. The van der Waals surface area contributed by atoms with Crippen molar-refractivity contribution in [1.29, 1.82) is 5.41 Å². The molecule has 1 atom stereocenters. The number of alkyl halides is 3. The Balaban J connectivity index is 1.51. The average molecular weight is 657 g/mol. The number of pyridine rings is 1. The van der Waals surface area contributed by atoms with Crippen LogP contribution < -0.4 is 16.3 Å². The number of imidazole rings is 1. The maximum atomic E-state index is 14.1. The lowest BCUT2D eigenvalue weighted by atomic mass is 10.00. The van der Waals surface area contributed by atoms with Crippen LogP contribution in [0.1, 0.15) is 41.4 Å². The third kappa shape index (κ3) is 7.42. The number of nitrogens with zero attached hydrogens (tertiary/aromatic N) is 5. The molecular weight excluding hydrogens is 625 g/mol. The van der Waals surface area contributed by atoms with Crippen LogP contribution in [0.25, 0.3) is 11.4 Å². The Morgan fingerprint density at radius 1 is 1.04 bits per heavy atom. The third-order valence-electron chi connectivity index (χ3n) is 7.39. The number of carbonyl (C=O) groups excluding carboxylic acids is 2. The second-order valence-electron chi connectivity index (χ2n) is 11.2. The van der Waals surface area contributed by atoms with E-state index in [0.29, 0.717) is 30.0 Å². The minimum Gasteiger partial charge on any atom is -0.315 e. The van der Waals surface area contributed by atoms with Crippen LogP contribution in [0.4, 0.5) is 30.5 Å². The second-order valence-corrected chi connectivity index (χ2v) is 11.2. The Kier molecular flexibility index (Phi) is 9.71. The van der Waals surface area contributed by atoms with Gasteiger partial charge in [0.25, 0.3) is 11.8 Å². The summed E-state index contributed by atoms with van der Waals surface area (Å²) in [5, 5.41) is 14.0. The molecule has 48 heavy (non-hydrogen) atoms. The van der Waals surface area contributed by atoms with Crippen LogP contribution in [0.5, 0.6) is 0 Å². The van der Waals surface area contributed by atoms with E-state index in [2.05, 4.69) is 32.5 Å². The normalized spacial score (nSPS) is 14.1. The second kappa shape index (κ2) is 13.9. The lowest BCUT2D eigenvalue weighted by Gasteiger charge is -2.11. The zero-order chi connectivity index (χ0) is 34.6. The number of rotatable bonds is 7. The van der Waals surface area contributed by atoms with Gasteiger partial charge in [0.15, 0.2) is 5.82 Å². The van der Waals surface area contributed by atoms with E-state index in [0.717, 1.165) is 24.8 Å². The number of halogens is 3. The molecule has 11 nitrogen and oxygen atoms in total. The fourth-order valence-corrected chi connectivity index (χ4v) is 4.98. The van der Waals surface area contributed by atoms with Crippen LogP contribution in [0.15, 0.2) is 76.6 Å². The minimum atomic E-state index is -4.60. The van der Waals surface area contributed by atoms with Crippen molar-refractivity contribution in [1.82, 2.24) is 19.0 Å². The fraction of sp³-hybridized carbons (Fsp3) is 0.235. The molecule has 14 heteroatoms. The minimum absolute atomic E-state index is 0.0382. The number of aromatic nitrogens is 3. The Morgan fingerprint density at radius 3 is 2.48 bits per heavy atom. The van der Waals surface area contributed by atoms with E-state index in [1.165, 1.54) is 33.4 Å². The zero-order valence-corrected chi connectivity index (χ0v) is 26.2. The predicted octanol–water partition coefficient (Wildman–Crippen LogP) is 5.30. The van der Waals surface area contributed by atoms with Gasteiger partial charge in [-0.2, -0.15) is 13.2 Å². The monoisotopic (exact) mass is 656 g/mol. The van der Waals surface area contributed by atoms with Gasteiger partial charge in [0.05, 0.1) is 29.2 Å². The molecule has 2 amide bonds. The summed E-state index contributed by atoms with van der Waals surface area (Å²) in [7, 11) is 3.67. The van der Waals surface area contributed by atoms with Gasteiger partial charge in [-0.05, 0) is 93.4 Å². The van der Waals surface area contributed by atoms with Crippen molar-refractivity contribution in [2.45, 2.75) is 25.9 Å². The van der Waals surface area contributed by atoms with Crippen LogP contribution in [-0.2, 0) is 11.0 Å². The summed E-state index contributed by atoms with van der Waals surface area (Å²) in [6.45, 7) is 2.39. The van der Waals surface area contributed by atoms with Crippen LogP contribution in [0, 0.1) is 23.2 Å². The summed E-state index contributed by atoms with van der Waals surface area (Å²) in [6, 6.07) is 14.0. The van der Waals surface area contributed by atoms with Gasteiger partial charge in [0, 0.05) is 23.7 Å². The SMILES string of the molecule is CCC1C=Nc2c(n(-c3ccc(C(=O)Nc4cc(C(F)(F)F)ccn4)cc3)c(=O)n2-c2cccc(NC(=O)C#CCN(C)C)c2)C(=N)C1. The van der Waals surface area contributed by atoms with Crippen molar-refractivity contribution < 1.29 is 22.8 Å². The highest BCUT2D eigenvalue weighted by Crippen LogP contribution is 2.32. The van der Waals surface area contributed by atoms with Crippen molar-refractivity contribution in [2.75, 3.05) is 31.3 Å². The van der Waals surface area contributed by atoms with Gasteiger partial charge >= 0.3 is 11.9 Å². The zero-order valence-electron chi connectivity index (χ0n) is 26.2. The number of amides is 2. The number of nitrogens with one attached hydrogen (secondary N) is 3.